The van der Waals surface area contributed by atoms with E-state index in [1.54, 1.807) is 32.2 Å². The number of benzene rings is 2. The van der Waals surface area contributed by atoms with Gasteiger partial charge in [-0.05, 0) is 36.8 Å². The smallest absolute Gasteiger partial charge is 0.289 e. The lowest BCUT2D eigenvalue weighted by atomic mass is 10.1. The number of amides is 1. The van der Waals surface area contributed by atoms with E-state index >= 15 is 0 Å². The van der Waals surface area contributed by atoms with Gasteiger partial charge in [0, 0.05) is 29.5 Å². The molecule has 2 aromatic rings. The van der Waals surface area contributed by atoms with Crippen LogP contribution in [-0.2, 0) is 4.79 Å². The Kier molecular flexibility index (Phi) is 6.19. The number of carbonyl (C=O) groups excluding carboxylic acids is 1. The second-order valence-electron chi connectivity index (χ2n) is 5.31. The predicted molar refractivity (Wildman–Crippen MR) is 99.9 cm³/mol. The molecule has 8 heteroatoms. The van der Waals surface area contributed by atoms with E-state index in [-0.39, 0.29) is 16.4 Å². The van der Waals surface area contributed by atoms with Crippen molar-refractivity contribution in [1.82, 2.24) is 0 Å². The van der Waals surface area contributed by atoms with Crippen LogP contribution < -0.4 is 14.8 Å². The summed E-state index contributed by atoms with van der Waals surface area (Å²) in [6.45, 7) is 1.76. The summed E-state index contributed by atoms with van der Waals surface area (Å²) in [6.07, 6.45) is 1.38. The lowest BCUT2D eigenvalue weighted by Crippen LogP contribution is -2.09. The van der Waals surface area contributed by atoms with Crippen LogP contribution in [-0.4, -0.2) is 25.1 Å². The van der Waals surface area contributed by atoms with Gasteiger partial charge in [-0.1, -0.05) is 11.6 Å². The van der Waals surface area contributed by atoms with E-state index in [0.29, 0.717) is 17.1 Å². The zero-order valence-corrected chi connectivity index (χ0v) is 15.2. The van der Waals surface area contributed by atoms with Gasteiger partial charge in [-0.2, -0.15) is 0 Å². The van der Waals surface area contributed by atoms with Gasteiger partial charge < -0.3 is 14.8 Å². The van der Waals surface area contributed by atoms with Crippen molar-refractivity contribution < 1.29 is 19.2 Å². The fraction of sp³-hybridized carbons (Fsp3) is 0.167. The maximum Gasteiger partial charge on any atom is 0.289 e. The number of nitrogens with zero attached hydrogens (tertiary/aromatic N) is 1. The fourth-order valence-corrected chi connectivity index (χ4v) is 2.49. The largest absolute Gasteiger partial charge is 0.497 e. The molecule has 0 aliphatic heterocycles. The van der Waals surface area contributed by atoms with Crippen LogP contribution in [0.25, 0.3) is 5.57 Å². The zero-order chi connectivity index (χ0) is 19.3. The van der Waals surface area contributed by atoms with Gasteiger partial charge in [0.15, 0.2) is 0 Å². The molecule has 0 aliphatic rings. The molecule has 2 aromatic carbocycles. The van der Waals surface area contributed by atoms with Crippen molar-refractivity contribution in [2.45, 2.75) is 6.92 Å². The van der Waals surface area contributed by atoms with Crippen molar-refractivity contribution >= 4 is 34.5 Å². The van der Waals surface area contributed by atoms with Gasteiger partial charge in [0.05, 0.1) is 19.1 Å². The molecule has 0 aromatic heterocycles. The van der Waals surface area contributed by atoms with Crippen molar-refractivity contribution in [2.75, 3.05) is 19.5 Å². The van der Waals surface area contributed by atoms with Crippen LogP contribution in [0.5, 0.6) is 11.5 Å². The van der Waals surface area contributed by atoms with Gasteiger partial charge in [0.25, 0.3) is 5.69 Å². The molecule has 1 amide bonds. The molecule has 0 saturated heterocycles. The molecule has 7 nitrogen and oxygen atoms in total. The number of hydrogen-bond acceptors (Lipinski definition) is 5. The summed E-state index contributed by atoms with van der Waals surface area (Å²) in [5.74, 6) is 0.765. The van der Waals surface area contributed by atoms with Crippen molar-refractivity contribution in [3.05, 3.63) is 63.2 Å². The molecular weight excluding hydrogens is 360 g/mol. The van der Waals surface area contributed by atoms with Gasteiger partial charge in [-0.3, -0.25) is 14.9 Å². The number of nitrogens with one attached hydrogen (secondary N) is 1. The molecule has 0 heterocycles. The molecule has 136 valence electrons. The summed E-state index contributed by atoms with van der Waals surface area (Å²) in [4.78, 5) is 22.5. The molecular formula is C18H17ClN2O5. The van der Waals surface area contributed by atoms with Crippen LogP contribution in [0.3, 0.4) is 0 Å². The summed E-state index contributed by atoms with van der Waals surface area (Å²) < 4.78 is 10.5. The van der Waals surface area contributed by atoms with Crippen LogP contribution in [0.1, 0.15) is 12.5 Å². The van der Waals surface area contributed by atoms with E-state index in [0.717, 1.165) is 5.56 Å². The lowest BCUT2D eigenvalue weighted by Gasteiger charge is -2.11. The number of anilines is 1. The maximum absolute atomic E-state index is 12.2. The Bertz CT molecular complexity index is 880. The highest BCUT2D eigenvalue weighted by molar-refractivity contribution is 6.32. The number of nitro benzene ring substituents is 1. The standard InChI is InChI=1S/C18H17ClN2O5/c1-11(14-6-5-13(25-2)10-17(14)26-3)8-18(22)20-12-4-7-15(19)16(9-12)21(23)24/h4-10H,1-3H3,(H,20,22)/b11-8+. The van der Waals surface area contributed by atoms with E-state index in [2.05, 4.69) is 5.32 Å². The number of allylic oxidation sites excluding steroid dienone is 1. The zero-order valence-electron chi connectivity index (χ0n) is 14.4. The fourth-order valence-electron chi connectivity index (χ4n) is 2.31. The molecule has 0 fully saturated rings. The first-order valence-corrected chi connectivity index (χ1v) is 7.89. The van der Waals surface area contributed by atoms with E-state index in [1.807, 2.05) is 0 Å². The summed E-state index contributed by atoms with van der Waals surface area (Å²) in [7, 11) is 3.08. The summed E-state index contributed by atoms with van der Waals surface area (Å²) >= 11 is 5.76. The van der Waals surface area contributed by atoms with Crippen molar-refractivity contribution in [3.63, 3.8) is 0 Å². The van der Waals surface area contributed by atoms with E-state index < -0.39 is 10.8 Å². The highest BCUT2D eigenvalue weighted by Crippen LogP contribution is 2.30. The average Bonchev–Trinajstić information content (AvgIpc) is 2.62. The van der Waals surface area contributed by atoms with E-state index in [9.17, 15) is 14.9 Å². The van der Waals surface area contributed by atoms with Gasteiger partial charge in [0.2, 0.25) is 5.91 Å². The maximum atomic E-state index is 12.2. The lowest BCUT2D eigenvalue weighted by molar-refractivity contribution is -0.384. The van der Waals surface area contributed by atoms with Gasteiger partial charge in [-0.15, -0.1) is 0 Å². The van der Waals surface area contributed by atoms with Gasteiger partial charge in [0.1, 0.15) is 16.5 Å². The minimum atomic E-state index is -0.610. The SMILES string of the molecule is COc1ccc(/C(C)=C/C(=O)Nc2ccc(Cl)c([N+](=O)[O-])c2)c(OC)c1. The van der Waals surface area contributed by atoms with Crippen LogP contribution >= 0.6 is 11.6 Å². The van der Waals surface area contributed by atoms with Crippen LogP contribution in [0.4, 0.5) is 11.4 Å². The second-order valence-corrected chi connectivity index (χ2v) is 5.71. The van der Waals surface area contributed by atoms with Gasteiger partial charge >= 0.3 is 0 Å². The normalized spacial score (nSPS) is 11.0. The first-order chi connectivity index (χ1) is 12.3. The summed E-state index contributed by atoms with van der Waals surface area (Å²) in [5.41, 5.74) is 1.38. The minimum Gasteiger partial charge on any atom is -0.497 e. The molecule has 0 saturated carbocycles. The number of halogens is 1. The molecule has 26 heavy (non-hydrogen) atoms. The highest BCUT2D eigenvalue weighted by Gasteiger charge is 2.14. The number of hydrogen-bond donors (Lipinski definition) is 1. The quantitative estimate of drug-likeness (QED) is 0.461. The highest BCUT2D eigenvalue weighted by atomic mass is 35.5. The predicted octanol–water partition coefficient (Wildman–Crippen LogP) is 4.31. The molecule has 0 bridgehead atoms. The van der Waals surface area contributed by atoms with Gasteiger partial charge in [-0.25, -0.2) is 0 Å². The number of nitro groups is 1. The Hall–Kier alpha value is -3.06. The first-order valence-electron chi connectivity index (χ1n) is 7.51. The summed E-state index contributed by atoms with van der Waals surface area (Å²) in [5, 5.41) is 13.5. The third-order valence-electron chi connectivity index (χ3n) is 3.59. The second kappa shape index (κ2) is 8.35. The Labute approximate surface area is 155 Å². The minimum absolute atomic E-state index is 0.00249. The molecule has 0 spiro atoms. The number of ether oxygens (including phenoxy) is 2. The van der Waals surface area contributed by atoms with Crippen LogP contribution in [0.2, 0.25) is 5.02 Å². The third kappa shape index (κ3) is 4.52. The third-order valence-corrected chi connectivity index (χ3v) is 3.91. The molecule has 2 rings (SSSR count). The Morgan fingerprint density at radius 2 is 1.92 bits per heavy atom. The summed E-state index contributed by atoms with van der Waals surface area (Å²) in [6, 6.07) is 9.31. The van der Waals surface area contributed by atoms with E-state index in [1.165, 1.54) is 31.4 Å². The number of rotatable bonds is 6. The van der Waals surface area contributed by atoms with Crippen molar-refractivity contribution in [2.24, 2.45) is 0 Å². The Balaban J connectivity index is 2.23. The van der Waals surface area contributed by atoms with Crippen LogP contribution in [0.15, 0.2) is 42.5 Å². The average molecular weight is 377 g/mol. The number of methoxy groups -OCH3 is 2. The molecule has 1 N–H and O–H groups in total. The first kappa shape index (κ1) is 19.3. The van der Waals surface area contributed by atoms with Crippen molar-refractivity contribution in [1.29, 1.82) is 0 Å². The monoisotopic (exact) mass is 376 g/mol. The molecule has 0 radical (unpaired) electrons. The molecule has 0 atom stereocenters. The number of carbonyl (C=O) groups is 1. The topological polar surface area (TPSA) is 90.7 Å². The van der Waals surface area contributed by atoms with Crippen molar-refractivity contribution in [3.8, 4) is 11.5 Å². The Morgan fingerprint density at radius 1 is 1.19 bits per heavy atom. The van der Waals surface area contributed by atoms with E-state index in [4.69, 9.17) is 21.1 Å². The molecule has 0 aliphatic carbocycles. The van der Waals surface area contributed by atoms with Crippen LogP contribution in [0, 0.1) is 10.1 Å². The molecule has 0 unspecified atom stereocenters. The Morgan fingerprint density at radius 3 is 2.54 bits per heavy atom.